The van der Waals surface area contributed by atoms with Gasteiger partial charge in [-0.15, -0.1) is 0 Å². The van der Waals surface area contributed by atoms with Crippen LogP contribution in [0, 0.1) is 11.6 Å². The molecule has 2 aliphatic heterocycles. The Morgan fingerprint density at radius 3 is 2.44 bits per heavy atom. The lowest BCUT2D eigenvalue weighted by molar-refractivity contribution is 0.0240. The zero-order chi connectivity index (χ0) is 24.5. The quantitative estimate of drug-likeness (QED) is 0.642. The Kier molecular flexibility index (Phi) is 6.49. The Hall–Kier alpha value is -3.57. The third-order valence-corrected chi connectivity index (χ3v) is 5.33. The first-order valence-corrected chi connectivity index (χ1v) is 10.8. The van der Waals surface area contributed by atoms with Gasteiger partial charge < -0.3 is 28.5 Å². The smallest absolute Gasteiger partial charge is 0.414 e. The van der Waals surface area contributed by atoms with Crippen LogP contribution in [0.15, 0.2) is 29.0 Å². The summed E-state index contributed by atoms with van der Waals surface area (Å²) in [5.74, 6) is -1.43. The molecular formula is C22H26F2N4O6. The van der Waals surface area contributed by atoms with Gasteiger partial charge in [0.25, 0.3) is 5.88 Å². The number of anilines is 2. The van der Waals surface area contributed by atoms with Gasteiger partial charge in [-0.2, -0.15) is 0 Å². The van der Waals surface area contributed by atoms with Crippen LogP contribution in [0.5, 0.6) is 5.88 Å². The number of carbonyl (C=O) groups is 2. The molecule has 0 spiro atoms. The van der Waals surface area contributed by atoms with Crippen LogP contribution in [0.3, 0.4) is 0 Å². The Morgan fingerprint density at radius 1 is 1.18 bits per heavy atom. The number of carbonyl (C=O) groups excluding carboxylic acids is 2. The molecule has 10 nitrogen and oxygen atoms in total. The molecule has 0 unspecified atom stereocenters. The third kappa shape index (κ3) is 5.15. The molecule has 0 aliphatic carbocycles. The fraction of sp³-hybridized carbons (Fsp3) is 0.500. The number of halogens is 2. The van der Waals surface area contributed by atoms with E-state index in [4.69, 9.17) is 14.2 Å². The average Bonchev–Trinajstić information content (AvgIpc) is 3.40. The van der Waals surface area contributed by atoms with Crippen LogP contribution in [0.4, 0.5) is 29.7 Å². The minimum absolute atomic E-state index is 0.00408. The van der Waals surface area contributed by atoms with E-state index in [9.17, 15) is 9.59 Å². The van der Waals surface area contributed by atoms with Crippen molar-refractivity contribution in [3.05, 3.63) is 36.1 Å². The SMILES string of the molecule is CC(C)(C)OC(=O)N1CCN(c2c(F)cc(N3C(=O)OC[C@H]3COc3ccon3)cc2F)CC1. The van der Waals surface area contributed by atoms with E-state index in [2.05, 4.69) is 9.68 Å². The molecule has 0 radical (unpaired) electrons. The summed E-state index contributed by atoms with van der Waals surface area (Å²) in [4.78, 5) is 28.7. The molecule has 1 aromatic carbocycles. The van der Waals surface area contributed by atoms with Crippen LogP contribution in [0.25, 0.3) is 0 Å². The number of hydrogen-bond donors (Lipinski definition) is 0. The number of ether oxygens (including phenoxy) is 3. The lowest BCUT2D eigenvalue weighted by atomic mass is 10.1. The van der Waals surface area contributed by atoms with Gasteiger partial charge in [-0.3, -0.25) is 4.90 Å². The first-order chi connectivity index (χ1) is 16.1. The first kappa shape index (κ1) is 23.6. The van der Waals surface area contributed by atoms with Crippen molar-refractivity contribution in [2.75, 3.05) is 49.2 Å². The van der Waals surface area contributed by atoms with Crippen molar-refractivity contribution in [2.45, 2.75) is 32.4 Å². The monoisotopic (exact) mass is 480 g/mol. The highest BCUT2D eigenvalue weighted by Crippen LogP contribution is 2.32. The molecule has 184 valence electrons. The maximum Gasteiger partial charge on any atom is 0.414 e. The van der Waals surface area contributed by atoms with E-state index < -0.39 is 35.5 Å². The first-order valence-electron chi connectivity index (χ1n) is 10.8. The van der Waals surface area contributed by atoms with Gasteiger partial charge in [0.15, 0.2) is 11.6 Å². The lowest BCUT2D eigenvalue weighted by Gasteiger charge is -2.37. The second-order valence-corrected chi connectivity index (χ2v) is 8.96. The predicted octanol–water partition coefficient (Wildman–Crippen LogP) is 3.41. The van der Waals surface area contributed by atoms with Crippen molar-refractivity contribution >= 4 is 23.6 Å². The molecule has 2 saturated heterocycles. The van der Waals surface area contributed by atoms with Crippen LogP contribution in [0.2, 0.25) is 0 Å². The molecule has 12 heteroatoms. The van der Waals surface area contributed by atoms with Crippen molar-refractivity contribution in [3.63, 3.8) is 0 Å². The van der Waals surface area contributed by atoms with Gasteiger partial charge >= 0.3 is 12.2 Å². The molecule has 2 aliphatic rings. The standard InChI is InChI=1S/C22H26F2N4O6/c1-22(2,3)34-20(29)27-7-5-26(6-8-27)19-16(23)10-14(11-17(19)24)28-15(13-32-21(28)30)12-31-18-4-9-33-25-18/h4,9-11,15H,5-8,12-13H2,1-3H3/t15-/m1/s1. The van der Waals surface area contributed by atoms with Gasteiger partial charge in [-0.05, 0) is 25.9 Å². The van der Waals surface area contributed by atoms with Gasteiger partial charge in [-0.1, -0.05) is 0 Å². The Bertz CT molecular complexity index is 1010. The van der Waals surface area contributed by atoms with Crippen LogP contribution >= 0.6 is 0 Å². The predicted molar refractivity (Wildman–Crippen MR) is 116 cm³/mol. The summed E-state index contributed by atoms with van der Waals surface area (Å²) in [6.45, 7) is 6.28. The second-order valence-electron chi connectivity index (χ2n) is 8.96. The molecule has 4 rings (SSSR count). The average molecular weight is 480 g/mol. The molecule has 1 aromatic heterocycles. The highest BCUT2D eigenvalue weighted by molar-refractivity contribution is 5.90. The van der Waals surface area contributed by atoms with E-state index in [1.165, 1.54) is 22.1 Å². The minimum Gasteiger partial charge on any atom is -0.473 e. The summed E-state index contributed by atoms with van der Waals surface area (Å²) in [5.41, 5.74) is -0.824. The van der Waals surface area contributed by atoms with E-state index in [1.807, 2.05) is 0 Å². The van der Waals surface area contributed by atoms with Gasteiger partial charge in [0.1, 0.15) is 36.8 Å². The van der Waals surface area contributed by atoms with E-state index in [1.54, 1.807) is 20.8 Å². The number of cyclic esters (lactones) is 1. The zero-order valence-corrected chi connectivity index (χ0v) is 19.1. The van der Waals surface area contributed by atoms with E-state index >= 15 is 8.78 Å². The Labute approximate surface area is 194 Å². The number of rotatable bonds is 5. The summed E-state index contributed by atoms with van der Waals surface area (Å²) < 4.78 is 50.7. The van der Waals surface area contributed by atoms with E-state index in [0.29, 0.717) is 0 Å². The normalized spacial score (nSPS) is 18.8. The van der Waals surface area contributed by atoms with E-state index in [-0.39, 0.29) is 56.6 Å². The zero-order valence-electron chi connectivity index (χ0n) is 19.1. The summed E-state index contributed by atoms with van der Waals surface area (Å²) in [5, 5.41) is 3.62. The summed E-state index contributed by atoms with van der Waals surface area (Å²) in [7, 11) is 0. The highest BCUT2D eigenvalue weighted by Gasteiger charge is 2.36. The third-order valence-electron chi connectivity index (χ3n) is 5.33. The van der Waals surface area contributed by atoms with Crippen molar-refractivity contribution < 1.29 is 37.1 Å². The van der Waals surface area contributed by atoms with Gasteiger partial charge in [0.05, 0.1) is 5.69 Å². The molecule has 2 amide bonds. The molecule has 0 saturated carbocycles. The number of aromatic nitrogens is 1. The van der Waals surface area contributed by atoms with Crippen molar-refractivity contribution in [3.8, 4) is 5.88 Å². The minimum atomic E-state index is -0.823. The van der Waals surface area contributed by atoms with Crippen molar-refractivity contribution in [1.82, 2.24) is 10.1 Å². The highest BCUT2D eigenvalue weighted by atomic mass is 19.1. The number of benzene rings is 1. The molecule has 1 atom stereocenters. The Balaban J connectivity index is 1.44. The summed E-state index contributed by atoms with van der Waals surface area (Å²) >= 11 is 0. The topological polar surface area (TPSA) is 97.6 Å². The molecule has 2 aromatic rings. The number of nitrogens with zero attached hydrogens (tertiary/aromatic N) is 4. The van der Waals surface area contributed by atoms with Gasteiger partial charge in [-0.25, -0.2) is 18.4 Å². The molecule has 34 heavy (non-hydrogen) atoms. The molecular weight excluding hydrogens is 454 g/mol. The van der Waals surface area contributed by atoms with Gasteiger partial charge in [0, 0.05) is 44.4 Å². The maximum atomic E-state index is 15.1. The fourth-order valence-corrected chi connectivity index (χ4v) is 3.79. The summed E-state index contributed by atoms with van der Waals surface area (Å²) in [6.07, 6.45) is 0.140. The fourth-order valence-electron chi connectivity index (χ4n) is 3.79. The van der Waals surface area contributed by atoms with Gasteiger partial charge in [0.2, 0.25) is 0 Å². The summed E-state index contributed by atoms with van der Waals surface area (Å²) in [6, 6.07) is 3.08. The largest absolute Gasteiger partial charge is 0.473 e. The maximum absolute atomic E-state index is 15.1. The van der Waals surface area contributed by atoms with E-state index in [0.717, 1.165) is 17.0 Å². The number of amides is 2. The van der Waals surface area contributed by atoms with Crippen LogP contribution < -0.4 is 14.5 Å². The second kappa shape index (κ2) is 9.35. The van der Waals surface area contributed by atoms with Crippen molar-refractivity contribution in [2.24, 2.45) is 0 Å². The Morgan fingerprint density at radius 2 is 1.85 bits per heavy atom. The molecule has 0 N–H and O–H groups in total. The lowest BCUT2D eigenvalue weighted by Crippen LogP contribution is -2.50. The van der Waals surface area contributed by atoms with Crippen LogP contribution in [-0.2, 0) is 9.47 Å². The van der Waals surface area contributed by atoms with Crippen molar-refractivity contribution in [1.29, 1.82) is 0 Å². The van der Waals surface area contributed by atoms with Crippen LogP contribution in [-0.4, -0.2) is 73.3 Å². The molecule has 2 fully saturated rings. The van der Waals surface area contributed by atoms with Crippen LogP contribution in [0.1, 0.15) is 20.8 Å². The molecule has 3 heterocycles. The number of hydrogen-bond acceptors (Lipinski definition) is 8. The number of piperazine rings is 1. The molecule has 0 bridgehead atoms.